The highest BCUT2D eigenvalue weighted by molar-refractivity contribution is 7.89. The number of amides is 1. The second-order valence-electron chi connectivity index (χ2n) is 3.03. The summed E-state index contributed by atoms with van der Waals surface area (Å²) in [5, 5.41) is 2.55. The Hall–Kier alpha value is -0.620. The van der Waals surface area contributed by atoms with E-state index in [9.17, 15) is 13.2 Å². The van der Waals surface area contributed by atoms with E-state index in [-0.39, 0.29) is 18.2 Å². The minimum absolute atomic E-state index is 0.0862. The third kappa shape index (κ3) is 4.57. The van der Waals surface area contributed by atoms with Crippen molar-refractivity contribution in [1.29, 1.82) is 0 Å². The van der Waals surface area contributed by atoms with E-state index < -0.39 is 10.0 Å². The first-order chi connectivity index (χ1) is 6.44. The molecule has 84 valence electrons. The zero-order chi connectivity index (χ0) is 11.2. The molecule has 0 spiro atoms. The minimum Gasteiger partial charge on any atom is -0.355 e. The summed E-state index contributed by atoms with van der Waals surface area (Å²) in [6, 6.07) is 0. The molecule has 0 rings (SSSR count). The Balaban J connectivity index is 4.20. The molecule has 6 heteroatoms. The van der Waals surface area contributed by atoms with Crippen LogP contribution in [0.5, 0.6) is 0 Å². The maximum Gasteiger partial charge on any atom is 0.235 e. The molecule has 1 amide bonds. The lowest BCUT2D eigenvalue weighted by Crippen LogP contribution is -2.39. The molecular formula is C8H18N2O3S. The lowest BCUT2D eigenvalue weighted by Gasteiger charge is -2.15. The summed E-state index contributed by atoms with van der Waals surface area (Å²) in [5.41, 5.74) is 0. The number of hydrogen-bond acceptors (Lipinski definition) is 3. The van der Waals surface area contributed by atoms with Crippen LogP contribution in [0.1, 0.15) is 20.3 Å². The Bertz CT molecular complexity index is 274. The standard InChI is InChI=1S/C8H18N2O3S/c1-4-6-14(12,13)10(3)7-8(11)9-5-2/h4-7H2,1-3H3,(H,9,11). The van der Waals surface area contributed by atoms with Crippen molar-refractivity contribution in [3.05, 3.63) is 0 Å². The topological polar surface area (TPSA) is 66.5 Å². The summed E-state index contributed by atoms with van der Waals surface area (Å²) in [6.45, 7) is 3.99. The summed E-state index contributed by atoms with van der Waals surface area (Å²) in [5.74, 6) is -0.183. The van der Waals surface area contributed by atoms with Crippen LogP contribution in [0, 0.1) is 0 Å². The van der Waals surface area contributed by atoms with Crippen molar-refractivity contribution in [3.8, 4) is 0 Å². The highest BCUT2D eigenvalue weighted by Gasteiger charge is 2.18. The number of rotatable bonds is 6. The van der Waals surface area contributed by atoms with Crippen LogP contribution in [0.4, 0.5) is 0 Å². The van der Waals surface area contributed by atoms with Crippen molar-refractivity contribution >= 4 is 15.9 Å². The van der Waals surface area contributed by atoms with Gasteiger partial charge >= 0.3 is 0 Å². The average Bonchev–Trinajstić information content (AvgIpc) is 2.04. The summed E-state index contributed by atoms with van der Waals surface area (Å²) in [6.07, 6.45) is 0.558. The molecule has 0 radical (unpaired) electrons. The van der Waals surface area contributed by atoms with Gasteiger partial charge in [0.2, 0.25) is 15.9 Å². The molecular weight excluding hydrogens is 204 g/mol. The Labute approximate surface area is 85.5 Å². The fourth-order valence-corrected chi connectivity index (χ4v) is 2.11. The van der Waals surface area contributed by atoms with Gasteiger partial charge in [0.15, 0.2) is 0 Å². The van der Waals surface area contributed by atoms with Crippen LogP contribution < -0.4 is 5.32 Å². The summed E-state index contributed by atoms with van der Waals surface area (Å²) in [7, 11) is -1.83. The van der Waals surface area contributed by atoms with Crippen molar-refractivity contribution in [2.45, 2.75) is 20.3 Å². The number of sulfonamides is 1. The van der Waals surface area contributed by atoms with Crippen molar-refractivity contribution in [1.82, 2.24) is 9.62 Å². The average molecular weight is 222 g/mol. The maximum atomic E-state index is 11.4. The lowest BCUT2D eigenvalue weighted by atomic mass is 10.5. The van der Waals surface area contributed by atoms with Crippen molar-refractivity contribution < 1.29 is 13.2 Å². The number of likely N-dealkylation sites (N-methyl/N-ethyl adjacent to an activating group) is 2. The first-order valence-corrected chi connectivity index (χ1v) is 6.25. The van der Waals surface area contributed by atoms with Gasteiger partial charge in [-0.25, -0.2) is 8.42 Å². The van der Waals surface area contributed by atoms with Gasteiger partial charge in [0.05, 0.1) is 12.3 Å². The van der Waals surface area contributed by atoms with Crippen molar-refractivity contribution in [2.75, 3.05) is 25.9 Å². The zero-order valence-corrected chi connectivity index (χ0v) is 9.73. The number of carbonyl (C=O) groups excluding carboxylic acids is 1. The Morgan fingerprint density at radius 2 is 1.93 bits per heavy atom. The minimum atomic E-state index is -3.25. The molecule has 0 heterocycles. The molecule has 0 aliphatic heterocycles. The fourth-order valence-electron chi connectivity index (χ4n) is 0.967. The highest BCUT2D eigenvalue weighted by Crippen LogP contribution is 1.99. The lowest BCUT2D eigenvalue weighted by molar-refractivity contribution is -0.121. The van der Waals surface area contributed by atoms with Crippen LogP contribution in [0.3, 0.4) is 0 Å². The van der Waals surface area contributed by atoms with Crippen LogP contribution in [0.15, 0.2) is 0 Å². The van der Waals surface area contributed by atoms with Crippen LogP contribution >= 0.6 is 0 Å². The molecule has 0 saturated carbocycles. The monoisotopic (exact) mass is 222 g/mol. The number of carbonyl (C=O) groups is 1. The third-order valence-electron chi connectivity index (χ3n) is 1.68. The predicted octanol–water partition coefficient (Wildman–Crippen LogP) is -0.206. The molecule has 5 nitrogen and oxygen atoms in total. The number of hydrogen-bond donors (Lipinski definition) is 1. The molecule has 0 saturated heterocycles. The molecule has 0 aliphatic rings. The van der Waals surface area contributed by atoms with E-state index in [1.54, 1.807) is 13.8 Å². The zero-order valence-electron chi connectivity index (χ0n) is 8.91. The van der Waals surface area contributed by atoms with Gasteiger partial charge in [0, 0.05) is 13.6 Å². The van der Waals surface area contributed by atoms with E-state index in [2.05, 4.69) is 5.32 Å². The van der Waals surface area contributed by atoms with E-state index in [0.29, 0.717) is 13.0 Å². The quantitative estimate of drug-likeness (QED) is 0.676. The molecule has 0 unspecified atom stereocenters. The molecule has 0 bridgehead atoms. The van der Waals surface area contributed by atoms with Gasteiger partial charge < -0.3 is 5.32 Å². The highest BCUT2D eigenvalue weighted by atomic mass is 32.2. The van der Waals surface area contributed by atoms with E-state index in [1.165, 1.54) is 7.05 Å². The van der Waals surface area contributed by atoms with Gasteiger partial charge in [0.1, 0.15) is 0 Å². The Morgan fingerprint density at radius 1 is 1.36 bits per heavy atom. The van der Waals surface area contributed by atoms with E-state index in [4.69, 9.17) is 0 Å². The van der Waals surface area contributed by atoms with Gasteiger partial charge in [0.25, 0.3) is 0 Å². The fraction of sp³-hybridized carbons (Fsp3) is 0.875. The first kappa shape index (κ1) is 13.4. The largest absolute Gasteiger partial charge is 0.355 e. The van der Waals surface area contributed by atoms with Gasteiger partial charge in [-0.05, 0) is 13.3 Å². The Kier molecular flexibility index (Phi) is 5.71. The van der Waals surface area contributed by atoms with Crippen LogP contribution in [0.25, 0.3) is 0 Å². The summed E-state index contributed by atoms with van der Waals surface area (Å²) < 4.78 is 23.9. The molecule has 1 N–H and O–H groups in total. The SMILES string of the molecule is CCCS(=O)(=O)N(C)CC(=O)NCC. The van der Waals surface area contributed by atoms with Gasteiger partial charge in [-0.3, -0.25) is 4.79 Å². The van der Waals surface area contributed by atoms with Crippen molar-refractivity contribution in [2.24, 2.45) is 0 Å². The van der Waals surface area contributed by atoms with E-state index >= 15 is 0 Å². The van der Waals surface area contributed by atoms with Crippen LogP contribution in [-0.4, -0.2) is 44.5 Å². The number of nitrogens with zero attached hydrogens (tertiary/aromatic N) is 1. The molecule has 0 aliphatic carbocycles. The Morgan fingerprint density at radius 3 is 2.36 bits per heavy atom. The summed E-state index contributed by atoms with van der Waals surface area (Å²) >= 11 is 0. The predicted molar refractivity (Wildman–Crippen MR) is 55.4 cm³/mol. The molecule has 0 fully saturated rings. The summed E-state index contributed by atoms with van der Waals surface area (Å²) in [4.78, 5) is 11.1. The molecule has 0 aromatic rings. The molecule has 0 aromatic heterocycles. The second-order valence-corrected chi connectivity index (χ2v) is 5.22. The van der Waals surface area contributed by atoms with Gasteiger partial charge in [-0.1, -0.05) is 6.92 Å². The van der Waals surface area contributed by atoms with Crippen LogP contribution in [-0.2, 0) is 14.8 Å². The molecule has 14 heavy (non-hydrogen) atoms. The number of nitrogens with one attached hydrogen (secondary N) is 1. The maximum absolute atomic E-state index is 11.4. The first-order valence-electron chi connectivity index (χ1n) is 4.64. The van der Waals surface area contributed by atoms with E-state index in [0.717, 1.165) is 4.31 Å². The smallest absolute Gasteiger partial charge is 0.235 e. The van der Waals surface area contributed by atoms with Gasteiger partial charge in [-0.2, -0.15) is 4.31 Å². The molecule has 0 aromatic carbocycles. The molecule has 0 atom stereocenters. The van der Waals surface area contributed by atoms with Crippen LogP contribution in [0.2, 0.25) is 0 Å². The third-order valence-corrected chi connectivity index (χ3v) is 3.68. The normalized spacial score (nSPS) is 11.7. The van der Waals surface area contributed by atoms with E-state index in [1.807, 2.05) is 0 Å². The second kappa shape index (κ2) is 5.98. The van der Waals surface area contributed by atoms with Crippen molar-refractivity contribution in [3.63, 3.8) is 0 Å². The van der Waals surface area contributed by atoms with Gasteiger partial charge in [-0.15, -0.1) is 0 Å².